The molecule has 0 fully saturated rings. The molecule has 2 rings (SSSR count). The topological polar surface area (TPSA) is 9.23 Å². The molecular formula is C15H13F3O. The molecule has 0 aliphatic rings. The summed E-state index contributed by atoms with van der Waals surface area (Å²) in [5, 5.41) is 0. The van der Waals surface area contributed by atoms with Crippen LogP contribution in [0.1, 0.15) is 18.1 Å². The van der Waals surface area contributed by atoms with Gasteiger partial charge in [0.1, 0.15) is 11.5 Å². The van der Waals surface area contributed by atoms with Crippen molar-refractivity contribution < 1.29 is 17.9 Å². The van der Waals surface area contributed by atoms with Crippen LogP contribution in [-0.2, 0) is 12.6 Å². The van der Waals surface area contributed by atoms with Gasteiger partial charge in [0.25, 0.3) is 0 Å². The standard InChI is InChI=1S/C15H13F3O/c1-2-11-6-5-7-12(10-11)19-14-9-4-3-8-13(14)15(16,17)18/h3-10H,2H2,1H3. The first kappa shape index (κ1) is 13.5. The van der Waals surface area contributed by atoms with Gasteiger partial charge in [0.2, 0.25) is 0 Å². The van der Waals surface area contributed by atoms with Crippen LogP contribution in [0.3, 0.4) is 0 Å². The van der Waals surface area contributed by atoms with Crippen molar-refractivity contribution in [1.29, 1.82) is 0 Å². The summed E-state index contributed by atoms with van der Waals surface area (Å²) in [5.41, 5.74) is 0.249. The average Bonchev–Trinajstić information content (AvgIpc) is 2.38. The fourth-order valence-corrected chi connectivity index (χ4v) is 1.75. The molecule has 2 aromatic carbocycles. The lowest BCUT2D eigenvalue weighted by Crippen LogP contribution is -2.06. The van der Waals surface area contributed by atoms with Gasteiger partial charge in [-0.2, -0.15) is 13.2 Å². The van der Waals surface area contributed by atoms with Crippen molar-refractivity contribution in [2.24, 2.45) is 0 Å². The molecule has 2 aromatic rings. The van der Waals surface area contributed by atoms with E-state index in [1.54, 1.807) is 18.2 Å². The highest BCUT2D eigenvalue weighted by molar-refractivity contribution is 5.40. The molecule has 0 saturated heterocycles. The molecule has 4 heteroatoms. The summed E-state index contributed by atoms with van der Waals surface area (Å²) >= 11 is 0. The smallest absolute Gasteiger partial charge is 0.419 e. The molecule has 0 atom stereocenters. The predicted octanol–water partition coefficient (Wildman–Crippen LogP) is 5.06. The number of halogens is 3. The normalized spacial score (nSPS) is 11.4. The summed E-state index contributed by atoms with van der Waals surface area (Å²) in [7, 11) is 0. The van der Waals surface area contributed by atoms with Crippen LogP contribution in [0.4, 0.5) is 13.2 Å². The molecule has 0 aliphatic carbocycles. The summed E-state index contributed by atoms with van der Waals surface area (Å²) in [6, 6.07) is 12.3. The average molecular weight is 266 g/mol. The Labute approximate surface area is 109 Å². The number of aryl methyl sites for hydroxylation is 1. The zero-order valence-corrected chi connectivity index (χ0v) is 10.4. The maximum absolute atomic E-state index is 12.8. The molecule has 0 spiro atoms. The highest BCUT2D eigenvalue weighted by Crippen LogP contribution is 2.37. The lowest BCUT2D eigenvalue weighted by Gasteiger charge is -2.13. The zero-order chi connectivity index (χ0) is 13.9. The van der Waals surface area contributed by atoms with Gasteiger partial charge < -0.3 is 4.74 Å². The minimum absolute atomic E-state index is 0.178. The molecule has 100 valence electrons. The van der Waals surface area contributed by atoms with E-state index < -0.39 is 11.7 Å². The first-order valence-electron chi connectivity index (χ1n) is 5.93. The quantitative estimate of drug-likeness (QED) is 0.754. The second-order valence-electron chi connectivity index (χ2n) is 4.10. The van der Waals surface area contributed by atoms with Gasteiger partial charge in [-0.15, -0.1) is 0 Å². The van der Waals surface area contributed by atoms with Crippen molar-refractivity contribution in [3.8, 4) is 11.5 Å². The van der Waals surface area contributed by atoms with Gasteiger partial charge in [-0.1, -0.05) is 31.2 Å². The minimum Gasteiger partial charge on any atom is -0.457 e. The second-order valence-corrected chi connectivity index (χ2v) is 4.10. The van der Waals surface area contributed by atoms with Gasteiger partial charge in [0.15, 0.2) is 0 Å². The van der Waals surface area contributed by atoms with Gasteiger partial charge in [-0.25, -0.2) is 0 Å². The highest BCUT2D eigenvalue weighted by Gasteiger charge is 2.34. The van der Waals surface area contributed by atoms with Crippen LogP contribution >= 0.6 is 0 Å². The van der Waals surface area contributed by atoms with Gasteiger partial charge >= 0.3 is 6.18 Å². The maximum atomic E-state index is 12.8. The van der Waals surface area contributed by atoms with Crippen molar-refractivity contribution in [1.82, 2.24) is 0 Å². The molecule has 1 nitrogen and oxygen atoms in total. The van der Waals surface area contributed by atoms with E-state index in [-0.39, 0.29) is 5.75 Å². The monoisotopic (exact) mass is 266 g/mol. The Morgan fingerprint density at radius 1 is 1.00 bits per heavy atom. The molecule has 0 N–H and O–H groups in total. The Bertz CT molecular complexity index is 561. The van der Waals surface area contributed by atoms with E-state index in [1.807, 2.05) is 13.0 Å². The summed E-state index contributed by atoms with van der Waals surface area (Å²) in [4.78, 5) is 0. The molecule has 0 aromatic heterocycles. The van der Waals surface area contributed by atoms with Crippen LogP contribution in [0.15, 0.2) is 48.5 Å². The summed E-state index contributed by atoms with van der Waals surface area (Å²) in [6.07, 6.45) is -3.61. The fourth-order valence-electron chi connectivity index (χ4n) is 1.75. The van der Waals surface area contributed by atoms with Crippen LogP contribution < -0.4 is 4.74 Å². The predicted molar refractivity (Wildman–Crippen MR) is 67.3 cm³/mol. The second kappa shape index (κ2) is 5.34. The van der Waals surface area contributed by atoms with Crippen LogP contribution in [0.25, 0.3) is 0 Å². The number of hydrogen-bond donors (Lipinski definition) is 0. The number of para-hydroxylation sites is 1. The molecule has 0 heterocycles. The maximum Gasteiger partial charge on any atom is 0.419 e. The van der Waals surface area contributed by atoms with Crippen LogP contribution in [0, 0.1) is 0 Å². The molecule has 19 heavy (non-hydrogen) atoms. The van der Waals surface area contributed by atoms with Gasteiger partial charge in [-0.05, 0) is 36.2 Å². The van der Waals surface area contributed by atoms with E-state index in [0.717, 1.165) is 18.1 Å². The molecule has 0 amide bonds. The Kier molecular flexibility index (Phi) is 3.79. The minimum atomic E-state index is -4.42. The third-order valence-corrected chi connectivity index (χ3v) is 2.73. The third kappa shape index (κ3) is 3.28. The largest absolute Gasteiger partial charge is 0.457 e. The van der Waals surface area contributed by atoms with Gasteiger partial charge in [0.05, 0.1) is 5.56 Å². The van der Waals surface area contributed by atoms with Crippen molar-refractivity contribution in [2.45, 2.75) is 19.5 Å². The van der Waals surface area contributed by atoms with Crippen LogP contribution in [-0.4, -0.2) is 0 Å². The van der Waals surface area contributed by atoms with E-state index in [0.29, 0.717) is 5.75 Å². The Morgan fingerprint density at radius 2 is 1.74 bits per heavy atom. The van der Waals surface area contributed by atoms with E-state index >= 15 is 0 Å². The SMILES string of the molecule is CCc1cccc(Oc2ccccc2C(F)(F)F)c1. The first-order chi connectivity index (χ1) is 9.00. The van der Waals surface area contributed by atoms with Crippen molar-refractivity contribution >= 4 is 0 Å². The molecule has 0 saturated carbocycles. The number of alkyl halides is 3. The van der Waals surface area contributed by atoms with E-state index in [4.69, 9.17) is 4.74 Å². The summed E-state index contributed by atoms with van der Waals surface area (Å²) < 4.78 is 43.8. The molecular weight excluding hydrogens is 253 g/mol. The first-order valence-corrected chi connectivity index (χ1v) is 5.93. The zero-order valence-electron chi connectivity index (χ0n) is 10.4. The third-order valence-electron chi connectivity index (χ3n) is 2.73. The van der Waals surface area contributed by atoms with E-state index in [2.05, 4.69) is 0 Å². The summed E-state index contributed by atoms with van der Waals surface area (Å²) in [5.74, 6) is 0.235. The number of rotatable bonds is 3. The molecule has 0 bridgehead atoms. The number of benzene rings is 2. The van der Waals surface area contributed by atoms with E-state index in [1.165, 1.54) is 18.2 Å². The lowest BCUT2D eigenvalue weighted by atomic mass is 10.1. The van der Waals surface area contributed by atoms with Crippen LogP contribution in [0.5, 0.6) is 11.5 Å². The highest BCUT2D eigenvalue weighted by atomic mass is 19.4. The van der Waals surface area contributed by atoms with E-state index in [9.17, 15) is 13.2 Å². The van der Waals surface area contributed by atoms with Gasteiger partial charge in [-0.3, -0.25) is 0 Å². The van der Waals surface area contributed by atoms with Crippen molar-refractivity contribution in [2.75, 3.05) is 0 Å². The van der Waals surface area contributed by atoms with Crippen molar-refractivity contribution in [3.63, 3.8) is 0 Å². The van der Waals surface area contributed by atoms with Gasteiger partial charge in [0, 0.05) is 0 Å². The molecule has 0 unspecified atom stereocenters. The molecule has 0 radical (unpaired) electrons. The Hall–Kier alpha value is -1.97. The number of ether oxygens (including phenoxy) is 1. The Balaban J connectivity index is 2.33. The van der Waals surface area contributed by atoms with Crippen LogP contribution in [0.2, 0.25) is 0 Å². The van der Waals surface area contributed by atoms with Crippen molar-refractivity contribution in [3.05, 3.63) is 59.7 Å². The molecule has 0 aliphatic heterocycles. The Morgan fingerprint density at radius 3 is 2.42 bits per heavy atom. The summed E-state index contributed by atoms with van der Waals surface area (Å²) in [6.45, 7) is 1.97. The lowest BCUT2D eigenvalue weighted by molar-refractivity contribution is -0.138. The number of hydrogen-bond acceptors (Lipinski definition) is 1. The fraction of sp³-hybridized carbons (Fsp3) is 0.200.